The predicted molar refractivity (Wildman–Crippen MR) is 105 cm³/mol. The summed E-state index contributed by atoms with van der Waals surface area (Å²) in [5.74, 6) is 1.60. The number of methoxy groups -OCH3 is 1. The zero-order valence-electron chi connectivity index (χ0n) is 14.4. The lowest BCUT2D eigenvalue weighted by atomic mass is 10.1. The number of ether oxygens (including phenoxy) is 1. The monoisotopic (exact) mass is 462 g/mol. The summed E-state index contributed by atoms with van der Waals surface area (Å²) in [7, 11) is -1.36. The van der Waals surface area contributed by atoms with Crippen LogP contribution in [0.2, 0.25) is 0 Å². The minimum atomic E-state index is -3.10. The molecule has 0 amide bonds. The van der Waals surface area contributed by atoms with Crippen LogP contribution in [0, 0.1) is 5.92 Å². The highest BCUT2D eigenvalue weighted by Gasteiger charge is 2.24. The van der Waals surface area contributed by atoms with Crippen molar-refractivity contribution in [2.45, 2.75) is 26.7 Å². The van der Waals surface area contributed by atoms with E-state index < -0.39 is 10.0 Å². The number of nitrogens with zero attached hydrogens (tertiary/aromatic N) is 2. The highest BCUT2D eigenvalue weighted by Crippen LogP contribution is 2.16. The summed E-state index contributed by atoms with van der Waals surface area (Å²) in [6, 6.07) is 0. The number of hydrogen-bond donors (Lipinski definition) is 2. The summed E-state index contributed by atoms with van der Waals surface area (Å²) in [4.78, 5) is 6.84. The summed E-state index contributed by atoms with van der Waals surface area (Å²) >= 11 is 0. The summed E-state index contributed by atoms with van der Waals surface area (Å²) in [5.41, 5.74) is 0. The number of halogens is 1. The molecule has 0 aromatic carbocycles. The van der Waals surface area contributed by atoms with Crippen LogP contribution >= 0.6 is 24.0 Å². The van der Waals surface area contributed by atoms with Gasteiger partial charge in [0.25, 0.3) is 0 Å². The van der Waals surface area contributed by atoms with E-state index in [1.165, 1.54) is 0 Å². The molecule has 0 saturated carbocycles. The van der Waals surface area contributed by atoms with Crippen molar-refractivity contribution >= 4 is 40.0 Å². The second-order valence-corrected chi connectivity index (χ2v) is 7.54. The van der Waals surface area contributed by atoms with E-state index in [1.807, 2.05) is 6.92 Å². The van der Waals surface area contributed by atoms with Crippen molar-refractivity contribution in [3.05, 3.63) is 0 Å². The van der Waals surface area contributed by atoms with Gasteiger partial charge in [-0.2, -0.15) is 0 Å². The van der Waals surface area contributed by atoms with Crippen LogP contribution in [0.15, 0.2) is 4.99 Å². The van der Waals surface area contributed by atoms with Crippen LogP contribution in [-0.4, -0.2) is 71.5 Å². The van der Waals surface area contributed by atoms with E-state index >= 15 is 0 Å². The summed E-state index contributed by atoms with van der Waals surface area (Å²) in [6.45, 7) is 8.29. The Bertz CT molecular complexity index is 445. The fraction of sp³-hybridized carbons (Fsp3) is 0.929. The first-order valence-corrected chi connectivity index (χ1v) is 9.67. The van der Waals surface area contributed by atoms with Crippen molar-refractivity contribution in [2.75, 3.05) is 52.2 Å². The molecule has 1 aliphatic heterocycles. The van der Waals surface area contributed by atoms with Gasteiger partial charge in [0.1, 0.15) is 0 Å². The molecule has 1 fully saturated rings. The van der Waals surface area contributed by atoms with Gasteiger partial charge in [-0.25, -0.2) is 13.1 Å². The van der Waals surface area contributed by atoms with Gasteiger partial charge in [-0.3, -0.25) is 4.99 Å². The van der Waals surface area contributed by atoms with E-state index in [0.717, 1.165) is 38.6 Å². The van der Waals surface area contributed by atoms with Gasteiger partial charge in [0.05, 0.1) is 12.4 Å². The van der Waals surface area contributed by atoms with E-state index in [2.05, 4.69) is 19.9 Å². The van der Waals surface area contributed by atoms with Crippen LogP contribution < -0.4 is 10.0 Å². The molecule has 1 heterocycles. The van der Waals surface area contributed by atoms with Crippen LogP contribution in [0.3, 0.4) is 0 Å². The molecule has 0 aromatic rings. The van der Waals surface area contributed by atoms with Gasteiger partial charge in [0, 0.05) is 45.8 Å². The van der Waals surface area contributed by atoms with Crippen molar-refractivity contribution in [3.63, 3.8) is 0 Å². The minimum Gasteiger partial charge on any atom is -0.384 e. The molecule has 1 rings (SSSR count). The largest absolute Gasteiger partial charge is 0.384 e. The lowest BCUT2D eigenvalue weighted by molar-refractivity contribution is 0.157. The standard InChI is InChI=1S/C14H30N4O3S.HI/c1-4-15-14(18-10-7-13(11-18)12-21-3)16-8-6-9-17-22(19,20)5-2;/h13,17H,4-12H2,1-3H3,(H,15,16);1H. The SMILES string of the molecule is CCNC(=NCCCNS(=O)(=O)CC)N1CCC(COC)C1.I. The Labute approximate surface area is 157 Å². The van der Waals surface area contributed by atoms with Crippen molar-refractivity contribution in [1.82, 2.24) is 14.9 Å². The minimum absolute atomic E-state index is 0. The molecule has 0 aliphatic carbocycles. The van der Waals surface area contributed by atoms with E-state index in [9.17, 15) is 8.42 Å². The molecular weight excluding hydrogens is 431 g/mol. The molecule has 1 atom stereocenters. The van der Waals surface area contributed by atoms with E-state index in [0.29, 0.717) is 25.4 Å². The first kappa shape index (κ1) is 22.9. The molecule has 0 spiro atoms. The van der Waals surface area contributed by atoms with Gasteiger partial charge in [0.15, 0.2) is 5.96 Å². The molecular formula is C14H31IN4O3S. The Morgan fingerprint density at radius 1 is 1.39 bits per heavy atom. The molecule has 23 heavy (non-hydrogen) atoms. The number of aliphatic imine (C=N–C) groups is 1. The van der Waals surface area contributed by atoms with E-state index in [1.54, 1.807) is 14.0 Å². The van der Waals surface area contributed by atoms with Crippen LogP contribution in [0.25, 0.3) is 0 Å². The Kier molecular flexibility index (Phi) is 12.2. The Morgan fingerprint density at radius 3 is 2.74 bits per heavy atom. The number of likely N-dealkylation sites (tertiary alicyclic amines) is 1. The van der Waals surface area contributed by atoms with E-state index in [-0.39, 0.29) is 29.7 Å². The zero-order valence-corrected chi connectivity index (χ0v) is 17.5. The van der Waals surface area contributed by atoms with Crippen molar-refractivity contribution in [2.24, 2.45) is 10.9 Å². The van der Waals surface area contributed by atoms with Crippen molar-refractivity contribution < 1.29 is 13.2 Å². The average Bonchev–Trinajstić information content (AvgIpc) is 2.94. The maximum Gasteiger partial charge on any atom is 0.211 e. The topological polar surface area (TPSA) is 83.0 Å². The number of guanidine groups is 1. The first-order chi connectivity index (χ1) is 10.5. The molecule has 1 unspecified atom stereocenters. The number of sulfonamides is 1. The van der Waals surface area contributed by atoms with Crippen LogP contribution in [0.1, 0.15) is 26.7 Å². The predicted octanol–water partition coefficient (Wildman–Crippen LogP) is 0.868. The smallest absolute Gasteiger partial charge is 0.211 e. The first-order valence-electron chi connectivity index (χ1n) is 8.02. The molecule has 7 nitrogen and oxygen atoms in total. The zero-order chi connectivity index (χ0) is 16.4. The maximum atomic E-state index is 11.3. The Hall–Kier alpha value is -0.130. The third-order valence-corrected chi connectivity index (χ3v) is 5.03. The highest BCUT2D eigenvalue weighted by atomic mass is 127. The third kappa shape index (κ3) is 9.06. The van der Waals surface area contributed by atoms with Gasteiger partial charge in [-0.05, 0) is 26.7 Å². The molecule has 0 aromatic heterocycles. The summed E-state index contributed by atoms with van der Waals surface area (Å²) in [6.07, 6.45) is 1.82. The van der Waals surface area contributed by atoms with E-state index in [4.69, 9.17) is 4.74 Å². The average molecular weight is 462 g/mol. The summed E-state index contributed by atoms with van der Waals surface area (Å²) in [5, 5.41) is 3.30. The van der Waals surface area contributed by atoms with Gasteiger partial charge in [0.2, 0.25) is 10.0 Å². The Morgan fingerprint density at radius 2 is 2.13 bits per heavy atom. The fourth-order valence-electron chi connectivity index (χ4n) is 2.42. The van der Waals surface area contributed by atoms with Crippen LogP contribution in [0.4, 0.5) is 0 Å². The maximum absolute atomic E-state index is 11.3. The molecule has 0 bridgehead atoms. The van der Waals surface area contributed by atoms with Gasteiger partial charge in [-0.15, -0.1) is 24.0 Å². The second kappa shape index (κ2) is 12.3. The lowest BCUT2D eigenvalue weighted by Crippen LogP contribution is -2.40. The molecule has 2 N–H and O–H groups in total. The molecule has 9 heteroatoms. The van der Waals surface area contributed by atoms with Crippen molar-refractivity contribution in [1.29, 1.82) is 0 Å². The number of hydrogen-bond acceptors (Lipinski definition) is 4. The Balaban J connectivity index is 0.00000484. The number of rotatable bonds is 9. The van der Waals surface area contributed by atoms with Gasteiger partial charge >= 0.3 is 0 Å². The highest BCUT2D eigenvalue weighted by molar-refractivity contribution is 14.0. The quantitative estimate of drug-likeness (QED) is 0.230. The second-order valence-electron chi connectivity index (χ2n) is 5.44. The number of nitrogens with one attached hydrogen (secondary N) is 2. The van der Waals surface area contributed by atoms with Crippen LogP contribution in [0.5, 0.6) is 0 Å². The lowest BCUT2D eigenvalue weighted by Gasteiger charge is -2.21. The van der Waals surface area contributed by atoms with Gasteiger partial charge in [-0.1, -0.05) is 0 Å². The molecule has 138 valence electrons. The fourth-order valence-corrected chi connectivity index (χ4v) is 3.08. The normalized spacial score (nSPS) is 18.8. The molecule has 1 aliphatic rings. The van der Waals surface area contributed by atoms with Crippen molar-refractivity contribution in [3.8, 4) is 0 Å². The summed E-state index contributed by atoms with van der Waals surface area (Å²) < 4.78 is 30.4. The third-order valence-electron chi connectivity index (χ3n) is 3.62. The van der Waals surface area contributed by atoms with Gasteiger partial charge < -0.3 is 15.0 Å². The molecule has 1 saturated heterocycles. The molecule has 0 radical (unpaired) electrons. The van der Waals surface area contributed by atoms with Crippen LogP contribution in [-0.2, 0) is 14.8 Å².